The highest BCUT2D eigenvalue weighted by Crippen LogP contribution is 2.15. The average molecular weight is 1140 g/mol. The van der Waals surface area contributed by atoms with Crippen molar-refractivity contribution in [1.82, 2.24) is 0 Å². The zero-order valence-electron chi connectivity index (χ0n) is 53.4. The van der Waals surface area contributed by atoms with Crippen LogP contribution in [0, 0.1) is 0 Å². The highest BCUT2D eigenvalue weighted by molar-refractivity contribution is 5.71. The molecule has 0 radical (unpaired) electrons. The fourth-order valence-electron chi connectivity index (χ4n) is 8.72. The van der Waals surface area contributed by atoms with Crippen molar-refractivity contribution >= 4 is 17.9 Å². The van der Waals surface area contributed by atoms with E-state index in [1.165, 1.54) is 44.9 Å². The molecule has 0 aromatic heterocycles. The van der Waals surface area contributed by atoms with Crippen molar-refractivity contribution in [1.29, 1.82) is 0 Å². The fourth-order valence-corrected chi connectivity index (χ4v) is 8.72. The number of esters is 3. The van der Waals surface area contributed by atoms with Gasteiger partial charge in [-0.1, -0.05) is 281 Å². The molecule has 0 heterocycles. The Kier molecular flexibility index (Phi) is 64.9. The third kappa shape index (κ3) is 67.4. The van der Waals surface area contributed by atoms with E-state index in [1.807, 2.05) is 0 Å². The standard InChI is InChI=1S/C77H122O6/c1-4-7-10-13-16-19-22-25-27-29-31-33-34-35-36-37-38-39-40-41-42-44-45-47-49-52-55-58-61-64-67-70-76(79)82-73-74(72-81-75(78)69-66-63-60-57-54-51-24-21-18-15-12-9-6-3)83-77(80)71-68-65-62-59-56-53-50-48-46-43-32-30-28-26-23-20-17-14-11-8-5-2/h7-8,10-12,15-17,19-21,24-28,31-33,35-36,38-39,41-43,48,50,74H,4-6,9,13-14,18,22-23,29-30,34,37,40,44-47,49,51-73H2,1-3H3/b10-7-,11-8-,15-12-,19-16-,20-17-,24-21-,27-25-,28-26-,33-31-,36-35-,39-38-,42-41-,43-32-,50-48-. The summed E-state index contributed by atoms with van der Waals surface area (Å²) in [4.78, 5) is 38.4. The van der Waals surface area contributed by atoms with E-state index in [2.05, 4.69) is 191 Å². The molecule has 0 saturated carbocycles. The number of rotatable bonds is 59. The Hall–Kier alpha value is -5.23. The summed E-state index contributed by atoms with van der Waals surface area (Å²) in [7, 11) is 0. The van der Waals surface area contributed by atoms with Crippen molar-refractivity contribution in [3.63, 3.8) is 0 Å². The molecule has 0 bridgehead atoms. The van der Waals surface area contributed by atoms with Crippen molar-refractivity contribution in [3.05, 3.63) is 170 Å². The summed E-state index contributed by atoms with van der Waals surface area (Å²) in [5, 5.41) is 0. The lowest BCUT2D eigenvalue weighted by atomic mass is 10.1. The van der Waals surface area contributed by atoms with Crippen LogP contribution in [0.15, 0.2) is 170 Å². The average Bonchev–Trinajstić information content (AvgIpc) is 3.49. The van der Waals surface area contributed by atoms with Gasteiger partial charge in [-0.15, -0.1) is 0 Å². The lowest BCUT2D eigenvalue weighted by Crippen LogP contribution is -2.30. The number of unbranched alkanes of at least 4 members (excludes halogenated alkanes) is 20. The molecule has 6 nitrogen and oxygen atoms in total. The molecular weight excluding hydrogens is 1020 g/mol. The zero-order chi connectivity index (χ0) is 59.9. The van der Waals surface area contributed by atoms with Crippen molar-refractivity contribution in [3.8, 4) is 0 Å². The molecule has 0 aliphatic heterocycles. The van der Waals surface area contributed by atoms with E-state index < -0.39 is 6.10 Å². The third-order valence-electron chi connectivity index (χ3n) is 13.7. The maximum absolute atomic E-state index is 12.9. The molecule has 0 aromatic carbocycles. The minimum atomic E-state index is -0.807. The molecule has 0 saturated heterocycles. The number of carbonyl (C=O) groups is 3. The Morgan fingerprint density at radius 2 is 0.470 bits per heavy atom. The fraction of sp³-hybridized carbons (Fsp3) is 0.597. The van der Waals surface area contributed by atoms with Crippen molar-refractivity contribution in [2.45, 2.75) is 284 Å². The van der Waals surface area contributed by atoms with Crippen LogP contribution < -0.4 is 0 Å². The highest BCUT2D eigenvalue weighted by Gasteiger charge is 2.19. The lowest BCUT2D eigenvalue weighted by molar-refractivity contribution is -0.167. The van der Waals surface area contributed by atoms with E-state index >= 15 is 0 Å². The van der Waals surface area contributed by atoms with E-state index in [4.69, 9.17) is 14.2 Å². The summed E-state index contributed by atoms with van der Waals surface area (Å²) < 4.78 is 16.9. The molecule has 83 heavy (non-hydrogen) atoms. The molecule has 0 N–H and O–H groups in total. The second-order valence-corrected chi connectivity index (χ2v) is 21.6. The van der Waals surface area contributed by atoms with Gasteiger partial charge in [0.1, 0.15) is 13.2 Å². The second kappa shape index (κ2) is 69.3. The molecule has 1 atom stereocenters. The minimum Gasteiger partial charge on any atom is -0.462 e. The van der Waals surface area contributed by atoms with Gasteiger partial charge in [-0.25, -0.2) is 0 Å². The normalized spacial score (nSPS) is 13.2. The summed E-state index contributed by atoms with van der Waals surface area (Å²) in [6.45, 7) is 6.31. The van der Waals surface area contributed by atoms with Crippen LogP contribution >= 0.6 is 0 Å². The number of ether oxygens (including phenoxy) is 3. The Morgan fingerprint density at radius 1 is 0.253 bits per heavy atom. The Labute approximate surface area is 511 Å². The van der Waals surface area contributed by atoms with Crippen molar-refractivity contribution in [2.24, 2.45) is 0 Å². The SMILES string of the molecule is CC/C=C\C/C=C\C/C=C\C/C=C\C/C=C\C/C=C\C/C=C\CCCCCCCCCCCC(=O)OCC(COC(=O)CCCCCCC/C=C\C/C=C\CCC)OC(=O)CCCCCCC/C=C\C/C=C\C/C=C\C/C=C\C/C=C\CC. The molecule has 0 aromatic rings. The van der Waals surface area contributed by atoms with Crippen LogP contribution in [0.5, 0.6) is 0 Å². The second-order valence-electron chi connectivity index (χ2n) is 21.6. The number of hydrogen-bond acceptors (Lipinski definition) is 6. The molecule has 0 rings (SSSR count). The Balaban J connectivity index is 4.37. The first kappa shape index (κ1) is 77.8. The van der Waals surface area contributed by atoms with E-state index in [0.29, 0.717) is 19.3 Å². The molecule has 0 aliphatic rings. The summed E-state index contributed by atoms with van der Waals surface area (Å²) >= 11 is 0. The van der Waals surface area contributed by atoms with Crippen LogP contribution in [-0.4, -0.2) is 37.2 Å². The van der Waals surface area contributed by atoms with Crippen LogP contribution in [0.4, 0.5) is 0 Å². The Morgan fingerprint density at radius 3 is 0.735 bits per heavy atom. The summed E-state index contributed by atoms with van der Waals surface area (Å²) in [6.07, 6.45) is 102. The predicted molar refractivity (Wildman–Crippen MR) is 361 cm³/mol. The van der Waals surface area contributed by atoms with Gasteiger partial charge in [0, 0.05) is 19.3 Å². The van der Waals surface area contributed by atoms with Crippen LogP contribution in [-0.2, 0) is 28.6 Å². The third-order valence-corrected chi connectivity index (χ3v) is 13.7. The van der Waals surface area contributed by atoms with Gasteiger partial charge in [0.05, 0.1) is 0 Å². The first-order valence-corrected chi connectivity index (χ1v) is 33.6. The van der Waals surface area contributed by atoms with Gasteiger partial charge in [0.15, 0.2) is 6.10 Å². The minimum absolute atomic E-state index is 0.101. The highest BCUT2D eigenvalue weighted by atomic mass is 16.6. The monoisotopic (exact) mass is 1140 g/mol. The summed E-state index contributed by atoms with van der Waals surface area (Å²) in [5.74, 6) is -0.942. The van der Waals surface area contributed by atoms with Gasteiger partial charge >= 0.3 is 17.9 Å². The Bertz CT molecular complexity index is 1890. The van der Waals surface area contributed by atoms with E-state index in [0.717, 1.165) is 193 Å². The van der Waals surface area contributed by atoms with Crippen LogP contribution in [0.3, 0.4) is 0 Å². The van der Waals surface area contributed by atoms with Gasteiger partial charge in [-0.2, -0.15) is 0 Å². The first-order chi connectivity index (χ1) is 41.0. The van der Waals surface area contributed by atoms with Gasteiger partial charge in [0.25, 0.3) is 0 Å². The topological polar surface area (TPSA) is 78.9 Å². The quantitative estimate of drug-likeness (QED) is 0.0261. The van der Waals surface area contributed by atoms with Crippen molar-refractivity contribution < 1.29 is 28.6 Å². The summed E-state index contributed by atoms with van der Waals surface area (Å²) in [6, 6.07) is 0. The smallest absolute Gasteiger partial charge is 0.306 e. The number of hydrogen-bond donors (Lipinski definition) is 0. The molecule has 466 valence electrons. The summed E-state index contributed by atoms with van der Waals surface area (Å²) in [5.41, 5.74) is 0. The predicted octanol–water partition coefficient (Wildman–Crippen LogP) is 23.4. The van der Waals surface area contributed by atoms with Gasteiger partial charge in [-0.05, 0) is 148 Å². The van der Waals surface area contributed by atoms with Gasteiger partial charge in [-0.3, -0.25) is 14.4 Å². The number of allylic oxidation sites excluding steroid dienone is 28. The van der Waals surface area contributed by atoms with Crippen LogP contribution in [0.25, 0.3) is 0 Å². The van der Waals surface area contributed by atoms with E-state index in [9.17, 15) is 14.4 Å². The molecule has 0 aliphatic carbocycles. The lowest BCUT2D eigenvalue weighted by Gasteiger charge is -2.18. The largest absolute Gasteiger partial charge is 0.462 e. The van der Waals surface area contributed by atoms with Gasteiger partial charge in [0.2, 0.25) is 0 Å². The molecule has 0 fully saturated rings. The van der Waals surface area contributed by atoms with Crippen molar-refractivity contribution in [2.75, 3.05) is 13.2 Å². The van der Waals surface area contributed by atoms with E-state index in [-0.39, 0.29) is 31.1 Å². The van der Waals surface area contributed by atoms with Gasteiger partial charge < -0.3 is 14.2 Å². The molecule has 0 amide bonds. The maximum Gasteiger partial charge on any atom is 0.306 e. The molecule has 1 unspecified atom stereocenters. The maximum atomic E-state index is 12.9. The molecule has 6 heteroatoms. The van der Waals surface area contributed by atoms with E-state index in [1.54, 1.807) is 0 Å². The molecule has 0 spiro atoms. The van der Waals surface area contributed by atoms with Crippen LogP contribution in [0.2, 0.25) is 0 Å². The zero-order valence-corrected chi connectivity index (χ0v) is 53.4. The molecular formula is C77H122O6. The van der Waals surface area contributed by atoms with Crippen LogP contribution in [0.1, 0.15) is 278 Å². The number of carbonyl (C=O) groups excluding carboxylic acids is 3. The first-order valence-electron chi connectivity index (χ1n) is 33.6.